The molecule has 0 atom stereocenters. The van der Waals surface area contributed by atoms with Crippen molar-refractivity contribution < 1.29 is 13.2 Å². The maximum Gasteiger partial charge on any atom is 0.273 e. The molecule has 2 aromatic heterocycles. The Labute approximate surface area is 173 Å². The van der Waals surface area contributed by atoms with Gasteiger partial charge in [0.1, 0.15) is 5.69 Å². The molecular weight excluding hydrogens is 410 g/mol. The van der Waals surface area contributed by atoms with Gasteiger partial charge in [0.05, 0.1) is 33.5 Å². The van der Waals surface area contributed by atoms with Crippen LogP contribution in [-0.2, 0) is 10.0 Å². The molecule has 4 aromatic rings. The van der Waals surface area contributed by atoms with Crippen molar-refractivity contribution in [2.24, 2.45) is 0 Å². The van der Waals surface area contributed by atoms with E-state index in [9.17, 15) is 13.2 Å². The second-order valence-electron chi connectivity index (χ2n) is 7.21. The molecule has 0 spiro atoms. The zero-order valence-corrected chi connectivity index (χ0v) is 17.8. The van der Waals surface area contributed by atoms with E-state index in [1.807, 2.05) is 42.7 Å². The molecule has 0 unspecified atom stereocenters. The van der Waals surface area contributed by atoms with E-state index in [0.717, 1.165) is 21.1 Å². The standard InChI is InChI=1S/C21H20ClN3O3S/c1-13(2)24-17-11-7-4-8-14(17)20-18(24)12-19(25(20)29(3,27)28)21(26)23-16-10-6-5-9-15(16)22/h4-13H,1-3H3,(H,23,26). The lowest BCUT2D eigenvalue weighted by Gasteiger charge is -2.11. The molecule has 0 aliphatic heterocycles. The number of carbonyl (C=O) groups excluding carboxylic acids is 1. The first-order valence-electron chi connectivity index (χ1n) is 9.11. The Bertz CT molecular complexity index is 1370. The minimum atomic E-state index is -3.76. The van der Waals surface area contributed by atoms with Crippen LogP contribution in [0.15, 0.2) is 54.6 Å². The predicted octanol–water partition coefficient (Wildman–Crippen LogP) is 4.89. The number of benzene rings is 2. The Kier molecular flexibility index (Phi) is 4.67. The molecule has 29 heavy (non-hydrogen) atoms. The zero-order chi connectivity index (χ0) is 20.9. The van der Waals surface area contributed by atoms with Crippen molar-refractivity contribution >= 4 is 55.2 Å². The third kappa shape index (κ3) is 3.20. The number of anilines is 1. The average Bonchev–Trinajstić information content (AvgIpc) is 3.17. The summed E-state index contributed by atoms with van der Waals surface area (Å²) in [6, 6.07) is 16.1. The molecule has 0 saturated carbocycles. The topological polar surface area (TPSA) is 73.1 Å². The maximum absolute atomic E-state index is 13.1. The molecule has 6 nitrogen and oxygen atoms in total. The lowest BCUT2D eigenvalue weighted by molar-refractivity contribution is 0.102. The van der Waals surface area contributed by atoms with Crippen molar-refractivity contribution in [3.8, 4) is 0 Å². The molecule has 2 heterocycles. The van der Waals surface area contributed by atoms with Gasteiger partial charge in [-0.15, -0.1) is 0 Å². The number of aromatic nitrogens is 2. The van der Waals surface area contributed by atoms with E-state index >= 15 is 0 Å². The molecule has 150 valence electrons. The van der Waals surface area contributed by atoms with Gasteiger partial charge in [-0.3, -0.25) is 4.79 Å². The Morgan fingerprint density at radius 1 is 1.03 bits per heavy atom. The Morgan fingerprint density at radius 3 is 2.34 bits per heavy atom. The first-order chi connectivity index (χ1) is 13.7. The number of halogens is 1. The van der Waals surface area contributed by atoms with Crippen LogP contribution in [0.4, 0.5) is 5.69 Å². The van der Waals surface area contributed by atoms with Crippen LogP contribution in [0.1, 0.15) is 30.4 Å². The van der Waals surface area contributed by atoms with Gasteiger partial charge in [-0.05, 0) is 38.1 Å². The zero-order valence-electron chi connectivity index (χ0n) is 16.2. The van der Waals surface area contributed by atoms with Crippen molar-refractivity contribution in [2.75, 3.05) is 11.6 Å². The first-order valence-corrected chi connectivity index (χ1v) is 11.3. The van der Waals surface area contributed by atoms with Crippen LogP contribution in [-0.4, -0.2) is 29.1 Å². The van der Waals surface area contributed by atoms with E-state index in [1.54, 1.807) is 30.3 Å². The highest BCUT2D eigenvalue weighted by Crippen LogP contribution is 2.35. The lowest BCUT2D eigenvalue weighted by atomic mass is 10.2. The monoisotopic (exact) mass is 429 g/mol. The number of nitrogens with one attached hydrogen (secondary N) is 1. The summed E-state index contributed by atoms with van der Waals surface area (Å²) in [5.41, 5.74) is 2.57. The summed E-state index contributed by atoms with van der Waals surface area (Å²) in [6.45, 7) is 4.04. The number of hydrogen-bond acceptors (Lipinski definition) is 3. The van der Waals surface area contributed by atoms with Crippen molar-refractivity contribution in [1.82, 2.24) is 8.54 Å². The fraction of sp³-hybridized carbons (Fsp3) is 0.190. The van der Waals surface area contributed by atoms with E-state index in [-0.39, 0.29) is 11.7 Å². The minimum Gasteiger partial charge on any atom is -0.337 e. The summed E-state index contributed by atoms with van der Waals surface area (Å²) in [5, 5.41) is 3.87. The summed E-state index contributed by atoms with van der Waals surface area (Å²) in [5.74, 6) is -0.542. The van der Waals surface area contributed by atoms with E-state index in [0.29, 0.717) is 21.7 Å². The number of amides is 1. The van der Waals surface area contributed by atoms with Crippen molar-refractivity contribution in [1.29, 1.82) is 0 Å². The average molecular weight is 430 g/mol. The molecular formula is C21H20ClN3O3S. The quantitative estimate of drug-likeness (QED) is 0.502. The summed E-state index contributed by atoms with van der Waals surface area (Å²) in [6.07, 6.45) is 1.10. The maximum atomic E-state index is 13.1. The Morgan fingerprint density at radius 2 is 1.69 bits per heavy atom. The number of hydrogen-bond donors (Lipinski definition) is 1. The normalized spacial score (nSPS) is 12.2. The second-order valence-corrected chi connectivity index (χ2v) is 9.44. The van der Waals surface area contributed by atoms with Gasteiger partial charge in [-0.25, -0.2) is 12.4 Å². The third-order valence-corrected chi connectivity index (χ3v) is 6.19. The van der Waals surface area contributed by atoms with Crippen LogP contribution in [0.5, 0.6) is 0 Å². The van der Waals surface area contributed by atoms with Gasteiger partial charge in [-0.1, -0.05) is 41.9 Å². The largest absolute Gasteiger partial charge is 0.337 e. The summed E-state index contributed by atoms with van der Waals surface area (Å²) >= 11 is 6.14. The van der Waals surface area contributed by atoms with Crippen molar-refractivity contribution in [3.05, 3.63) is 65.3 Å². The van der Waals surface area contributed by atoms with E-state index in [4.69, 9.17) is 11.6 Å². The molecule has 0 aliphatic carbocycles. The molecule has 1 amide bonds. The van der Waals surface area contributed by atoms with Crippen LogP contribution < -0.4 is 5.32 Å². The highest BCUT2D eigenvalue weighted by Gasteiger charge is 2.27. The highest BCUT2D eigenvalue weighted by molar-refractivity contribution is 7.89. The van der Waals surface area contributed by atoms with Crippen LogP contribution in [0.25, 0.3) is 21.9 Å². The third-order valence-electron chi connectivity index (χ3n) is 4.82. The second kappa shape index (κ2) is 6.93. The number of rotatable bonds is 4. The fourth-order valence-electron chi connectivity index (χ4n) is 3.73. The summed E-state index contributed by atoms with van der Waals surface area (Å²) < 4.78 is 28.6. The lowest BCUT2D eigenvalue weighted by Crippen LogP contribution is -2.21. The number of fused-ring (bicyclic) bond motifs is 3. The number of nitrogens with zero attached hydrogens (tertiary/aromatic N) is 2. The van der Waals surface area contributed by atoms with Crippen molar-refractivity contribution in [3.63, 3.8) is 0 Å². The van der Waals surface area contributed by atoms with Gasteiger partial charge in [-0.2, -0.15) is 0 Å². The van der Waals surface area contributed by atoms with E-state index < -0.39 is 15.9 Å². The molecule has 0 fully saturated rings. The van der Waals surface area contributed by atoms with E-state index in [1.165, 1.54) is 0 Å². The molecule has 4 rings (SSSR count). The molecule has 0 bridgehead atoms. The molecule has 1 N–H and O–H groups in total. The molecule has 2 aromatic carbocycles. The molecule has 8 heteroatoms. The van der Waals surface area contributed by atoms with Crippen LogP contribution in [0.3, 0.4) is 0 Å². The van der Waals surface area contributed by atoms with Gasteiger partial charge >= 0.3 is 0 Å². The smallest absolute Gasteiger partial charge is 0.273 e. The van der Waals surface area contributed by atoms with Crippen LogP contribution in [0.2, 0.25) is 5.02 Å². The number of carbonyl (C=O) groups is 1. The first kappa shape index (κ1) is 19.5. The molecule has 0 saturated heterocycles. The SMILES string of the molecule is CC(C)n1c2ccccc2c2c1cc(C(=O)Nc1ccccc1Cl)n2S(C)(=O)=O. The van der Waals surface area contributed by atoms with Gasteiger partial charge in [0.15, 0.2) is 0 Å². The Hall–Kier alpha value is -2.77. The number of para-hydroxylation sites is 2. The fourth-order valence-corrected chi connectivity index (χ4v) is 4.93. The summed E-state index contributed by atoms with van der Waals surface area (Å²) in [7, 11) is -3.76. The minimum absolute atomic E-state index is 0.0394. The van der Waals surface area contributed by atoms with Gasteiger partial charge < -0.3 is 9.88 Å². The van der Waals surface area contributed by atoms with Gasteiger partial charge in [0.25, 0.3) is 5.91 Å². The van der Waals surface area contributed by atoms with E-state index in [2.05, 4.69) is 5.32 Å². The highest BCUT2D eigenvalue weighted by atomic mass is 35.5. The van der Waals surface area contributed by atoms with Gasteiger partial charge in [0.2, 0.25) is 10.0 Å². The van der Waals surface area contributed by atoms with Crippen LogP contribution in [0, 0.1) is 0 Å². The molecule has 0 radical (unpaired) electrons. The Balaban J connectivity index is 2.01. The van der Waals surface area contributed by atoms with Gasteiger partial charge in [0, 0.05) is 11.4 Å². The molecule has 0 aliphatic rings. The predicted molar refractivity (Wildman–Crippen MR) is 117 cm³/mol. The van der Waals surface area contributed by atoms with Crippen LogP contribution >= 0.6 is 11.6 Å². The summed E-state index contributed by atoms with van der Waals surface area (Å²) in [4.78, 5) is 13.1. The van der Waals surface area contributed by atoms with Crippen molar-refractivity contribution in [2.45, 2.75) is 19.9 Å².